The van der Waals surface area contributed by atoms with Crippen LogP contribution in [0.5, 0.6) is 5.75 Å². The van der Waals surface area contributed by atoms with Crippen LogP contribution in [0.1, 0.15) is 40.4 Å². The maximum atomic E-state index is 12.7. The fourth-order valence-corrected chi connectivity index (χ4v) is 2.87. The summed E-state index contributed by atoms with van der Waals surface area (Å²) in [4.78, 5) is 24.4. The normalized spacial score (nSPS) is 10.7. The van der Waals surface area contributed by atoms with E-state index in [-0.39, 0.29) is 18.1 Å². The summed E-state index contributed by atoms with van der Waals surface area (Å²) < 4.78 is 35.4. The lowest BCUT2D eigenvalue weighted by Crippen LogP contribution is -2.15. The molecule has 0 fully saturated rings. The summed E-state index contributed by atoms with van der Waals surface area (Å²) in [7, 11) is 0. The zero-order valence-corrected chi connectivity index (χ0v) is 16.8. The lowest BCUT2D eigenvalue weighted by atomic mass is 10.2. The third-order valence-electron chi connectivity index (χ3n) is 4.27. The fourth-order valence-electron chi connectivity index (χ4n) is 2.87. The van der Waals surface area contributed by atoms with E-state index in [2.05, 4.69) is 20.4 Å². The molecule has 0 aliphatic carbocycles. The number of nitrogens with one attached hydrogen (secondary N) is 1. The third kappa shape index (κ3) is 5.21. The summed E-state index contributed by atoms with van der Waals surface area (Å²) in [5.41, 5.74) is 2.07. The Labute approximate surface area is 176 Å². The number of hydrogen-bond donors (Lipinski definition) is 1. The first kappa shape index (κ1) is 21.9. The van der Waals surface area contributed by atoms with E-state index in [1.165, 1.54) is 16.8 Å². The minimum Gasteiger partial charge on any atom is -0.462 e. The van der Waals surface area contributed by atoms with Gasteiger partial charge in [-0.15, -0.1) is 5.10 Å². The fraction of sp³-hybridized carbons (Fsp3) is 0.238. The van der Waals surface area contributed by atoms with Crippen LogP contribution in [-0.4, -0.2) is 40.1 Å². The number of amides is 1. The van der Waals surface area contributed by atoms with Crippen LogP contribution in [-0.2, 0) is 11.2 Å². The average molecular weight is 430 g/mol. The summed E-state index contributed by atoms with van der Waals surface area (Å²) in [5, 5.41) is 10.7. The van der Waals surface area contributed by atoms with E-state index in [1.807, 2.05) is 6.92 Å². The van der Waals surface area contributed by atoms with Crippen molar-refractivity contribution < 1.29 is 27.8 Å². The van der Waals surface area contributed by atoms with Crippen LogP contribution in [0.2, 0.25) is 0 Å². The van der Waals surface area contributed by atoms with Crippen molar-refractivity contribution in [2.75, 3.05) is 11.9 Å². The van der Waals surface area contributed by atoms with Gasteiger partial charge >= 0.3 is 12.6 Å². The summed E-state index contributed by atoms with van der Waals surface area (Å²) in [6, 6.07) is 12.1. The Morgan fingerprint density at radius 2 is 1.74 bits per heavy atom. The molecule has 0 bridgehead atoms. The summed E-state index contributed by atoms with van der Waals surface area (Å²) >= 11 is 0. The SMILES string of the molecule is CCOC(=O)c1ccc(NC(=O)c2nnn(-c3ccc(OC(F)F)cc3)c2CC)cc1. The number of carbonyl (C=O) groups is 2. The van der Waals surface area contributed by atoms with Crippen molar-refractivity contribution in [1.29, 1.82) is 0 Å². The van der Waals surface area contributed by atoms with Gasteiger partial charge in [-0.3, -0.25) is 4.79 Å². The number of rotatable bonds is 8. The second kappa shape index (κ2) is 9.79. The number of anilines is 1. The predicted molar refractivity (Wildman–Crippen MR) is 108 cm³/mol. The van der Waals surface area contributed by atoms with Crippen LogP contribution in [0.25, 0.3) is 5.69 Å². The van der Waals surface area contributed by atoms with Gasteiger partial charge in [0.25, 0.3) is 5.91 Å². The Morgan fingerprint density at radius 3 is 2.32 bits per heavy atom. The Kier molecular flexibility index (Phi) is 6.91. The molecule has 0 unspecified atom stereocenters. The topological polar surface area (TPSA) is 95.3 Å². The Balaban J connectivity index is 1.77. The summed E-state index contributed by atoms with van der Waals surface area (Å²) in [6.45, 7) is 0.921. The molecule has 2 aromatic carbocycles. The predicted octanol–water partition coefficient (Wildman–Crippen LogP) is 3.86. The first-order valence-corrected chi connectivity index (χ1v) is 9.51. The standard InChI is InChI=1S/C21H20F2N4O4/c1-3-17-18(19(28)24-14-7-5-13(6-8-14)20(29)30-4-2)25-26-27(17)15-9-11-16(12-10-15)31-21(22)23/h5-12,21H,3-4H2,1-2H3,(H,24,28). The van der Waals surface area contributed by atoms with Crippen molar-refractivity contribution in [1.82, 2.24) is 15.0 Å². The largest absolute Gasteiger partial charge is 0.462 e. The molecule has 0 atom stereocenters. The maximum absolute atomic E-state index is 12.7. The molecular weight excluding hydrogens is 410 g/mol. The number of esters is 1. The van der Waals surface area contributed by atoms with Crippen molar-refractivity contribution in [3.05, 3.63) is 65.5 Å². The molecule has 162 valence electrons. The van der Waals surface area contributed by atoms with Crippen molar-refractivity contribution in [2.24, 2.45) is 0 Å². The molecule has 3 rings (SSSR count). The molecule has 0 spiro atoms. The van der Waals surface area contributed by atoms with Crippen LogP contribution in [0.3, 0.4) is 0 Å². The lowest BCUT2D eigenvalue weighted by Gasteiger charge is -2.09. The molecule has 0 aliphatic rings. The molecule has 8 nitrogen and oxygen atoms in total. The number of benzene rings is 2. The summed E-state index contributed by atoms with van der Waals surface area (Å²) in [6.07, 6.45) is 0.451. The Morgan fingerprint density at radius 1 is 1.06 bits per heavy atom. The molecule has 0 radical (unpaired) electrons. The van der Waals surface area contributed by atoms with Gasteiger partial charge in [-0.25, -0.2) is 9.48 Å². The number of carbonyl (C=O) groups excluding carboxylic acids is 2. The van der Waals surface area contributed by atoms with Crippen LogP contribution in [0, 0.1) is 0 Å². The highest BCUT2D eigenvalue weighted by Crippen LogP contribution is 2.20. The van der Waals surface area contributed by atoms with Crippen molar-refractivity contribution in [3.63, 3.8) is 0 Å². The molecule has 0 saturated heterocycles. The van der Waals surface area contributed by atoms with Crippen LogP contribution < -0.4 is 10.1 Å². The van der Waals surface area contributed by atoms with Gasteiger partial charge in [-0.1, -0.05) is 12.1 Å². The molecule has 1 N–H and O–H groups in total. The van der Waals surface area contributed by atoms with Gasteiger partial charge in [0.15, 0.2) is 5.69 Å². The molecule has 10 heteroatoms. The summed E-state index contributed by atoms with van der Waals surface area (Å²) in [5.74, 6) is -0.896. The van der Waals surface area contributed by atoms with E-state index in [1.54, 1.807) is 43.3 Å². The number of aromatic nitrogens is 3. The van der Waals surface area contributed by atoms with Gasteiger partial charge in [-0.2, -0.15) is 8.78 Å². The highest BCUT2D eigenvalue weighted by molar-refractivity contribution is 6.03. The van der Waals surface area contributed by atoms with E-state index in [0.29, 0.717) is 29.1 Å². The highest BCUT2D eigenvalue weighted by Gasteiger charge is 2.20. The molecular formula is C21H20F2N4O4. The van der Waals surface area contributed by atoms with Crippen molar-refractivity contribution in [3.8, 4) is 11.4 Å². The monoisotopic (exact) mass is 430 g/mol. The van der Waals surface area contributed by atoms with E-state index in [9.17, 15) is 18.4 Å². The number of nitrogens with zero attached hydrogens (tertiary/aromatic N) is 3. The second-order valence-electron chi connectivity index (χ2n) is 6.27. The van der Waals surface area contributed by atoms with E-state index < -0.39 is 18.5 Å². The second-order valence-corrected chi connectivity index (χ2v) is 6.27. The lowest BCUT2D eigenvalue weighted by molar-refractivity contribution is -0.0498. The average Bonchev–Trinajstić information content (AvgIpc) is 3.19. The van der Waals surface area contributed by atoms with Gasteiger partial charge in [0.2, 0.25) is 0 Å². The molecule has 1 aromatic heterocycles. The molecule has 1 heterocycles. The first-order chi connectivity index (χ1) is 14.9. The van der Waals surface area contributed by atoms with E-state index >= 15 is 0 Å². The van der Waals surface area contributed by atoms with Crippen molar-refractivity contribution in [2.45, 2.75) is 26.9 Å². The van der Waals surface area contributed by atoms with Crippen LogP contribution in [0.4, 0.5) is 14.5 Å². The zero-order chi connectivity index (χ0) is 22.4. The molecule has 0 saturated carbocycles. The maximum Gasteiger partial charge on any atom is 0.387 e. The van der Waals surface area contributed by atoms with Gasteiger partial charge in [0.1, 0.15) is 5.75 Å². The molecule has 31 heavy (non-hydrogen) atoms. The number of alkyl halides is 2. The smallest absolute Gasteiger partial charge is 0.387 e. The van der Waals surface area contributed by atoms with Crippen molar-refractivity contribution >= 4 is 17.6 Å². The van der Waals surface area contributed by atoms with Gasteiger partial charge in [-0.05, 0) is 61.9 Å². The minimum atomic E-state index is -2.91. The van der Waals surface area contributed by atoms with E-state index in [0.717, 1.165) is 0 Å². The van der Waals surface area contributed by atoms with Gasteiger partial charge in [0, 0.05) is 5.69 Å². The number of hydrogen-bond acceptors (Lipinski definition) is 6. The van der Waals surface area contributed by atoms with Crippen LogP contribution in [0.15, 0.2) is 48.5 Å². The van der Waals surface area contributed by atoms with Crippen LogP contribution >= 0.6 is 0 Å². The molecule has 3 aromatic rings. The number of halogens is 2. The Hall–Kier alpha value is -3.82. The third-order valence-corrected chi connectivity index (χ3v) is 4.27. The first-order valence-electron chi connectivity index (χ1n) is 9.51. The molecule has 0 aliphatic heterocycles. The van der Waals surface area contributed by atoms with E-state index in [4.69, 9.17) is 4.74 Å². The zero-order valence-electron chi connectivity index (χ0n) is 16.8. The Bertz CT molecular complexity index is 1050. The number of ether oxygens (including phenoxy) is 2. The molecule has 1 amide bonds. The quantitative estimate of drug-likeness (QED) is 0.546. The highest BCUT2D eigenvalue weighted by atomic mass is 19.3. The van der Waals surface area contributed by atoms with Gasteiger partial charge in [0.05, 0.1) is 23.6 Å². The minimum absolute atomic E-state index is 0.0149. The van der Waals surface area contributed by atoms with Gasteiger partial charge < -0.3 is 14.8 Å².